The number of imidazole rings is 1. The van der Waals surface area contributed by atoms with Gasteiger partial charge in [-0.15, -0.1) is 0 Å². The fourth-order valence-corrected chi connectivity index (χ4v) is 1.43. The van der Waals surface area contributed by atoms with E-state index in [1.54, 1.807) is 0 Å². The summed E-state index contributed by atoms with van der Waals surface area (Å²) in [5.41, 5.74) is 8.99. The molecule has 14 heavy (non-hydrogen) atoms. The molecule has 2 aromatic rings. The molecule has 1 aromatic heterocycles. The van der Waals surface area contributed by atoms with Crippen LogP contribution in [-0.4, -0.2) is 9.55 Å². The van der Waals surface area contributed by atoms with Crippen molar-refractivity contribution in [1.82, 2.24) is 9.55 Å². The first-order valence-corrected chi connectivity index (χ1v) is 4.55. The Hall–Kier alpha value is -1.77. The monoisotopic (exact) mass is 187 g/mol. The van der Waals surface area contributed by atoms with Crippen LogP contribution in [0.25, 0.3) is 5.69 Å². The van der Waals surface area contributed by atoms with Gasteiger partial charge in [0.1, 0.15) is 0 Å². The number of aromatic nitrogens is 2. The van der Waals surface area contributed by atoms with Crippen molar-refractivity contribution in [2.45, 2.75) is 13.8 Å². The largest absolute Gasteiger partial charge is 0.369 e. The van der Waals surface area contributed by atoms with Crippen molar-refractivity contribution >= 4 is 5.95 Å². The van der Waals surface area contributed by atoms with Crippen molar-refractivity contribution in [3.63, 3.8) is 0 Å². The van der Waals surface area contributed by atoms with Crippen LogP contribution in [0.4, 0.5) is 5.95 Å². The number of rotatable bonds is 1. The van der Waals surface area contributed by atoms with Crippen LogP contribution in [0.5, 0.6) is 0 Å². The van der Waals surface area contributed by atoms with Crippen molar-refractivity contribution in [3.05, 3.63) is 41.7 Å². The van der Waals surface area contributed by atoms with Crippen LogP contribution in [0.2, 0.25) is 0 Å². The van der Waals surface area contributed by atoms with E-state index in [1.807, 2.05) is 29.8 Å². The Bertz CT molecular complexity index is 440. The van der Waals surface area contributed by atoms with E-state index in [9.17, 15) is 0 Å². The average Bonchev–Trinajstić information content (AvgIpc) is 2.47. The van der Waals surface area contributed by atoms with Gasteiger partial charge in [0.2, 0.25) is 5.95 Å². The SMILES string of the molecule is Cc1ccc(-n2cc(C)nc2N)cc1. The molecule has 2 N–H and O–H groups in total. The standard InChI is InChI=1S/C11H13N3/c1-8-3-5-10(6-4-8)14-7-9(2)13-11(14)12/h3-7H,1-2H3,(H2,12,13). The second kappa shape index (κ2) is 3.18. The predicted octanol–water partition coefficient (Wildman–Crippen LogP) is 2.07. The Kier molecular flexibility index (Phi) is 2.00. The highest BCUT2D eigenvalue weighted by Crippen LogP contribution is 2.14. The highest BCUT2D eigenvalue weighted by atomic mass is 15.1. The summed E-state index contributed by atoms with van der Waals surface area (Å²) >= 11 is 0. The summed E-state index contributed by atoms with van der Waals surface area (Å²) in [5.74, 6) is 0.534. The first-order chi connectivity index (χ1) is 6.66. The molecule has 0 atom stereocenters. The third-order valence-corrected chi connectivity index (χ3v) is 2.17. The second-order valence-electron chi connectivity index (χ2n) is 3.45. The van der Waals surface area contributed by atoms with Gasteiger partial charge in [-0.05, 0) is 26.0 Å². The van der Waals surface area contributed by atoms with Crippen LogP contribution in [0.15, 0.2) is 30.5 Å². The minimum Gasteiger partial charge on any atom is -0.369 e. The maximum Gasteiger partial charge on any atom is 0.205 e. The first-order valence-electron chi connectivity index (χ1n) is 4.55. The number of nitrogens with zero attached hydrogens (tertiary/aromatic N) is 2. The lowest BCUT2D eigenvalue weighted by Gasteiger charge is -2.03. The third-order valence-electron chi connectivity index (χ3n) is 2.17. The molecule has 0 bridgehead atoms. The lowest BCUT2D eigenvalue weighted by Crippen LogP contribution is -1.99. The van der Waals surface area contributed by atoms with Crippen molar-refractivity contribution in [1.29, 1.82) is 0 Å². The van der Waals surface area contributed by atoms with E-state index in [2.05, 4.69) is 24.0 Å². The van der Waals surface area contributed by atoms with Gasteiger partial charge in [0.05, 0.1) is 5.69 Å². The lowest BCUT2D eigenvalue weighted by atomic mass is 10.2. The quantitative estimate of drug-likeness (QED) is 0.742. The fraction of sp³-hybridized carbons (Fsp3) is 0.182. The van der Waals surface area contributed by atoms with E-state index in [1.165, 1.54) is 5.56 Å². The zero-order valence-corrected chi connectivity index (χ0v) is 8.36. The topological polar surface area (TPSA) is 43.8 Å². The Labute approximate surface area is 83.2 Å². The van der Waals surface area contributed by atoms with Crippen molar-refractivity contribution in [2.75, 3.05) is 5.73 Å². The van der Waals surface area contributed by atoms with Crippen LogP contribution in [-0.2, 0) is 0 Å². The molecular weight excluding hydrogens is 174 g/mol. The minimum absolute atomic E-state index is 0.534. The van der Waals surface area contributed by atoms with Crippen LogP contribution >= 0.6 is 0 Å². The zero-order valence-electron chi connectivity index (χ0n) is 8.36. The average molecular weight is 187 g/mol. The summed E-state index contributed by atoms with van der Waals surface area (Å²) in [5, 5.41) is 0. The van der Waals surface area contributed by atoms with Gasteiger partial charge in [-0.25, -0.2) is 4.98 Å². The molecule has 72 valence electrons. The number of benzene rings is 1. The molecule has 0 unspecified atom stereocenters. The maximum atomic E-state index is 5.76. The molecule has 3 nitrogen and oxygen atoms in total. The summed E-state index contributed by atoms with van der Waals surface area (Å²) in [6.45, 7) is 3.99. The minimum atomic E-state index is 0.534. The van der Waals surface area contributed by atoms with Crippen molar-refractivity contribution in [2.24, 2.45) is 0 Å². The molecule has 0 aliphatic heterocycles. The third kappa shape index (κ3) is 1.48. The van der Waals surface area contributed by atoms with Crippen molar-refractivity contribution < 1.29 is 0 Å². The number of nitrogens with two attached hydrogens (primary N) is 1. The number of hydrogen-bond donors (Lipinski definition) is 1. The lowest BCUT2D eigenvalue weighted by molar-refractivity contribution is 1.07. The summed E-state index contributed by atoms with van der Waals surface area (Å²) < 4.78 is 1.88. The Morgan fingerprint density at radius 2 is 1.79 bits per heavy atom. The molecule has 1 aromatic carbocycles. The van der Waals surface area contributed by atoms with Crippen LogP contribution in [0, 0.1) is 13.8 Å². The number of hydrogen-bond acceptors (Lipinski definition) is 2. The van der Waals surface area contributed by atoms with Gasteiger partial charge >= 0.3 is 0 Å². The summed E-state index contributed by atoms with van der Waals surface area (Å²) in [6.07, 6.45) is 1.93. The molecule has 0 radical (unpaired) electrons. The number of nitrogen functional groups attached to an aromatic ring is 1. The van der Waals surface area contributed by atoms with Gasteiger partial charge in [-0.2, -0.15) is 0 Å². The number of anilines is 1. The van der Waals surface area contributed by atoms with Crippen LogP contribution < -0.4 is 5.73 Å². The van der Waals surface area contributed by atoms with Crippen molar-refractivity contribution in [3.8, 4) is 5.69 Å². The smallest absolute Gasteiger partial charge is 0.205 e. The van der Waals surface area contributed by atoms with E-state index in [0.717, 1.165) is 11.4 Å². The fourth-order valence-electron chi connectivity index (χ4n) is 1.43. The van der Waals surface area contributed by atoms with Gasteiger partial charge in [-0.1, -0.05) is 17.7 Å². The Morgan fingerprint density at radius 3 is 2.29 bits per heavy atom. The molecule has 0 fully saturated rings. The van der Waals surface area contributed by atoms with Gasteiger partial charge in [0.25, 0.3) is 0 Å². The molecular formula is C11H13N3. The summed E-state index contributed by atoms with van der Waals surface area (Å²) in [6, 6.07) is 8.19. The highest BCUT2D eigenvalue weighted by Gasteiger charge is 2.02. The molecule has 2 rings (SSSR count). The molecule has 0 spiro atoms. The molecule has 0 saturated carbocycles. The van der Waals surface area contributed by atoms with E-state index in [4.69, 9.17) is 5.73 Å². The molecule has 3 heteroatoms. The maximum absolute atomic E-state index is 5.76. The van der Waals surface area contributed by atoms with E-state index < -0.39 is 0 Å². The summed E-state index contributed by atoms with van der Waals surface area (Å²) in [4.78, 5) is 4.15. The van der Waals surface area contributed by atoms with Crippen LogP contribution in [0.3, 0.4) is 0 Å². The highest BCUT2D eigenvalue weighted by molar-refractivity contribution is 5.41. The number of aryl methyl sites for hydroxylation is 2. The van der Waals surface area contributed by atoms with Gasteiger partial charge in [-0.3, -0.25) is 4.57 Å². The Balaban J connectivity index is 2.49. The molecule has 1 heterocycles. The zero-order chi connectivity index (χ0) is 10.1. The predicted molar refractivity (Wildman–Crippen MR) is 57.5 cm³/mol. The van der Waals surface area contributed by atoms with E-state index in [0.29, 0.717) is 5.95 Å². The first kappa shape index (κ1) is 8.81. The van der Waals surface area contributed by atoms with E-state index >= 15 is 0 Å². The molecule has 0 aliphatic carbocycles. The molecule has 0 amide bonds. The van der Waals surface area contributed by atoms with E-state index in [-0.39, 0.29) is 0 Å². The Morgan fingerprint density at radius 1 is 1.14 bits per heavy atom. The molecule has 0 saturated heterocycles. The normalized spacial score (nSPS) is 10.4. The van der Waals surface area contributed by atoms with Gasteiger partial charge < -0.3 is 5.73 Å². The second-order valence-corrected chi connectivity index (χ2v) is 3.45. The van der Waals surface area contributed by atoms with Gasteiger partial charge in [0, 0.05) is 11.9 Å². The summed E-state index contributed by atoms with van der Waals surface area (Å²) in [7, 11) is 0. The van der Waals surface area contributed by atoms with Crippen LogP contribution in [0.1, 0.15) is 11.3 Å². The molecule has 0 aliphatic rings. The van der Waals surface area contributed by atoms with Gasteiger partial charge in [0.15, 0.2) is 0 Å².